The molecule has 0 aliphatic carbocycles. The molecule has 2 aliphatic heterocycles. The van der Waals surface area contributed by atoms with Crippen LogP contribution in [0.15, 0.2) is 0 Å². The highest BCUT2D eigenvalue weighted by atomic mass is 16.5. The zero-order chi connectivity index (χ0) is 12.3. The molecule has 0 saturated carbocycles. The summed E-state index contributed by atoms with van der Waals surface area (Å²) in [5.74, 6) is 0.173. The van der Waals surface area contributed by atoms with Crippen LogP contribution in [-0.2, 0) is 14.3 Å². The molecule has 2 saturated heterocycles. The van der Waals surface area contributed by atoms with Crippen LogP contribution >= 0.6 is 0 Å². The van der Waals surface area contributed by atoms with Gasteiger partial charge in [0.2, 0.25) is 5.91 Å². The molecular weight excluding hydrogens is 220 g/mol. The number of nitrogens with zero attached hydrogens (tertiary/aromatic N) is 1. The van der Waals surface area contributed by atoms with E-state index >= 15 is 0 Å². The van der Waals surface area contributed by atoms with Gasteiger partial charge in [-0.15, -0.1) is 0 Å². The van der Waals surface area contributed by atoms with E-state index in [1.807, 2.05) is 11.8 Å². The van der Waals surface area contributed by atoms with Crippen molar-refractivity contribution < 1.29 is 14.3 Å². The molecule has 1 amide bonds. The topological polar surface area (TPSA) is 50.8 Å². The predicted octanol–water partition coefficient (Wildman–Crippen LogP) is 0.000700. The van der Waals surface area contributed by atoms with Gasteiger partial charge in [0.1, 0.15) is 6.04 Å². The molecule has 2 atom stereocenters. The second kappa shape index (κ2) is 5.80. The number of morpholine rings is 1. The Morgan fingerprint density at radius 2 is 2.12 bits per heavy atom. The molecule has 2 rings (SSSR count). The van der Waals surface area contributed by atoms with Crippen LogP contribution in [0.4, 0.5) is 0 Å². The molecule has 0 bridgehead atoms. The lowest BCUT2D eigenvalue weighted by Gasteiger charge is -2.37. The molecule has 1 N–H and O–H groups in total. The van der Waals surface area contributed by atoms with Gasteiger partial charge in [-0.3, -0.25) is 4.79 Å². The maximum atomic E-state index is 12.3. The Kier molecular flexibility index (Phi) is 4.36. The minimum atomic E-state index is -0.178. The molecule has 0 spiro atoms. The Labute approximate surface area is 102 Å². The van der Waals surface area contributed by atoms with Crippen LogP contribution in [0.3, 0.4) is 0 Å². The van der Waals surface area contributed by atoms with E-state index in [1.54, 1.807) is 7.11 Å². The quantitative estimate of drug-likeness (QED) is 0.740. The number of methoxy groups -OCH3 is 1. The van der Waals surface area contributed by atoms with Crippen molar-refractivity contribution in [2.75, 3.05) is 33.4 Å². The van der Waals surface area contributed by atoms with E-state index < -0.39 is 0 Å². The highest BCUT2D eigenvalue weighted by Crippen LogP contribution is 2.16. The highest BCUT2D eigenvalue weighted by Gasteiger charge is 2.33. The highest BCUT2D eigenvalue weighted by molar-refractivity contribution is 5.82. The van der Waals surface area contributed by atoms with E-state index in [1.165, 1.54) is 0 Å². The Balaban J connectivity index is 1.87. The Morgan fingerprint density at radius 3 is 2.71 bits per heavy atom. The molecule has 17 heavy (non-hydrogen) atoms. The SMILES string of the molecule is COC1CCN(C(=O)[C@H]2NCCO[C@@H]2C)CC1. The van der Waals surface area contributed by atoms with E-state index in [-0.39, 0.29) is 18.1 Å². The lowest BCUT2D eigenvalue weighted by Crippen LogP contribution is -2.57. The van der Waals surface area contributed by atoms with Crippen LogP contribution in [0.2, 0.25) is 0 Å². The van der Waals surface area contributed by atoms with Gasteiger partial charge in [-0.2, -0.15) is 0 Å². The molecule has 0 radical (unpaired) electrons. The molecule has 2 fully saturated rings. The van der Waals surface area contributed by atoms with Gasteiger partial charge in [0.25, 0.3) is 0 Å². The number of hydrogen-bond acceptors (Lipinski definition) is 4. The van der Waals surface area contributed by atoms with Crippen molar-refractivity contribution in [2.24, 2.45) is 0 Å². The Bertz CT molecular complexity index is 264. The summed E-state index contributed by atoms with van der Waals surface area (Å²) in [5.41, 5.74) is 0. The van der Waals surface area contributed by atoms with Gasteiger partial charge in [0.15, 0.2) is 0 Å². The fourth-order valence-corrected chi connectivity index (χ4v) is 2.52. The zero-order valence-electron chi connectivity index (χ0n) is 10.6. The summed E-state index contributed by atoms with van der Waals surface area (Å²) in [5, 5.41) is 3.24. The maximum absolute atomic E-state index is 12.3. The molecule has 0 aromatic carbocycles. The molecule has 5 nitrogen and oxygen atoms in total. The average Bonchev–Trinajstić information content (AvgIpc) is 2.39. The fourth-order valence-electron chi connectivity index (χ4n) is 2.52. The number of carbonyl (C=O) groups is 1. The van der Waals surface area contributed by atoms with Gasteiger partial charge in [-0.1, -0.05) is 0 Å². The van der Waals surface area contributed by atoms with Crippen molar-refractivity contribution in [2.45, 2.75) is 38.0 Å². The van der Waals surface area contributed by atoms with E-state index in [9.17, 15) is 4.79 Å². The van der Waals surface area contributed by atoms with Gasteiger partial charge < -0.3 is 19.7 Å². The summed E-state index contributed by atoms with van der Waals surface area (Å²) in [6.45, 7) is 4.99. The van der Waals surface area contributed by atoms with Crippen molar-refractivity contribution in [1.82, 2.24) is 10.2 Å². The number of carbonyl (C=O) groups excluding carboxylic acids is 1. The number of amides is 1. The third kappa shape index (κ3) is 2.97. The van der Waals surface area contributed by atoms with Gasteiger partial charge in [0, 0.05) is 26.7 Å². The van der Waals surface area contributed by atoms with Crippen LogP contribution in [0, 0.1) is 0 Å². The summed E-state index contributed by atoms with van der Waals surface area (Å²) in [6.07, 6.45) is 2.15. The van der Waals surface area contributed by atoms with Gasteiger partial charge in [-0.05, 0) is 19.8 Å². The number of hydrogen-bond donors (Lipinski definition) is 1. The minimum Gasteiger partial charge on any atom is -0.381 e. The average molecular weight is 242 g/mol. The first kappa shape index (κ1) is 12.8. The van der Waals surface area contributed by atoms with Gasteiger partial charge >= 0.3 is 0 Å². The van der Waals surface area contributed by atoms with Crippen LogP contribution < -0.4 is 5.32 Å². The van der Waals surface area contributed by atoms with E-state index in [0.29, 0.717) is 12.7 Å². The second-order valence-electron chi connectivity index (χ2n) is 4.77. The lowest BCUT2D eigenvalue weighted by molar-refractivity contribution is -0.141. The standard InChI is InChI=1S/C12H22N2O3/c1-9-11(13-5-8-17-9)12(15)14-6-3-10(16-2)4-7-14/h9-11,13H,3-8H2,1-2H3/t9-,11+/m1/s1. The normalized spacial score (nSPS) is 31.5. The monoisotopic (exact) mass is 242 g/mol. The van der Waals surface area contributed by atoms with Crippen molar-refractivity contribution in [1.29, 1.82) is 0 Å². The zero-order valence-corrected chi connectivity index (χ0v) is 10.6. The molecule has 0 aromatic heterocycles. The first-order valence-electron chi connectivity index (χ1n) is 6.39. The Hall–Kier alpha value is -0.650. The molecule has 2 aliphatic rings. The molecule has 2 heterocycles. The summed E-state index contributed by atoms with van der Waals surface area (Å²) in [6, 6.07) is -0.178. The smallest absolute Gasteiger partial charge is 0.242 e. The van der Waals surface area contributed by atoms with E-state index in [2.05, 4.69) is 5.32 Å². The van der Waals surface area contributed by atoms with Crippen LogP contribution in [-0.4, -0.2) is 62.4 Å². The minimum absolute atomic E-state index is 0.0311. The number of piperidine rings is 1. The van der Waals surface area contributed by atoms with Crippen LogP contribution in [0.25, 0.3) is 0 Å². The van der Waals surface area contributed by atoms with Crippen molar-refractivity contribution in [3.8, 4) is 0 Å². The number of ether oxygens (including phenoxy) is 2. The number of rotatable bonds is 2. The number of nitrogens with one attached hydrogen (secondary N) is 1. The Morgan fingerprint density at radius 1 is 1.41 bits per heavy atom. The maximum Gasteiger partial charge on any atom is 0.242 e. The summed E-state index contributed by atoms with van der Waals surface area (Å²) in [7, 11) is 1.74. The predicted molar refractivity (Wildman–Crippen MR) is 63.8 cm³/mol. The van der Waals surface area contributed by atoms with Crippen molar-refractivity contribution in [3.05, 3.63) is 0 Å². The van der Waals surface area contributed by atoms with Crippen LogP contribution in [0.1, 0.15) is 19.8 Å². The number of likely N-dealkylation sites (tertiary alicyclic amines) is 1. The molecule has 0 unspecified atom stereocenters. The first-order chi connectivity index (χ1) is 8.22. The fraction of sp³-hybridized carbons (Fsp3) is 0.917. The lowest BCUT2D eigenvalue weighted by atomic mass is 10.0. The van der Waals surface area contributed by atoms with E-state index in [4.69, 9.17) is 9.47 Å². The largest absolute Gasteiger partial charge is 0.381 e. The van der Waals surface area contributed by atoms with Crippen LogP contribution in [0.5, 0.6) is 0 Å². The second-order valence-corrected chi connectivity index (χ2v) is 4.77. The molecule has 0 aromatic rings. The van der Waals surface area contributed by atoms with Crippen molar-refractivity contribution >= 4 is 5.91 Å². The molecule has 98 valence electrons. The molecular formula is C12H22N2O3. The first-order valence-corrected chi connectivity index (χ1v) is 6.39. The summed E-state index contributed by atoms with van der Waals surface area (Å²) >= 11 is 0. The van der Waals surface area contributed by atoms with Crippen molar-refractivity contribution in [3.63, 3.8) is 0 Å². The summed E-state index contributed by atoms with van der Waals surface area (Å²) in [4.78, 5) is 14.2. The molecule has 5 heteroatoms. The summed E-state index contributed by atoms with van der Waals surface area (Å²) < 4.78 is 10.8. The third-order valence-electron chi connectivity index (χ3n) is 3.67. The van der Waals surface area contributed by atoms with Gasteiger partial charge in [0.05, 0.1) is 18.8 Å². The van der Waals surface area contributed by atoms with E-state index in [0.717, 1.165) is 32.5 Å². The third-order valence-corrected chi connectivity index (χ3v) is 3.67. The van der Waals surface area contributed by atoms with Gasteiger partial charge in [-0.25, -0.2) is 0 Å².